The predicted octanol–water partition coefficient (Wildman–Crippen LogP) is -0.427. The summed E-state index contributed by atoms with van der Waals surface area (Å²) in [4.78, 5) is 12.7. The van der Waals surface area contributed by atoms with Crippen LogP contribution in [0, 0.1) is 5.92 Å². The summed E-state index contributed by atoms with van der Waals surface area (Å²) in [6.07, 6.45) is 1.03. The van der Waals surface area contributed by atoms with E-state index in [0.29, 0.717) is 5.84 Å². The average molecular weight is 257 g/mol. The van der Waals surface area contributed by atoms with Gasteiger partial charge < -0.3 is 11.5 Å². The number of nitrogens with two attached hydrogens (primary N) is 3. The van der Waals surface area contributed by atoms with Crippen molar-refractivity contribution in [2.24, 2.45) is 38.2 Å². The molecule has 2 aliphatic heterocycles. The highest BCUT2D eigenvalue weighted by Crippen LogP contribution is 2.33. The van der Waals surface area contributed by atoms with E-state index in [1.165, 1.54) is 11.3 Å². The molecule has 2 aliphatic rings. The minimum Gasteiger partial charge on any atom is -0.368 e. The second-order valence-electron chi connectivity index (χ2n) is 4.52. The van der Waals surface area contributed by atoms with E-state index in [2.05, 4.69) is 15.0 Å². The summed E-state index contributed by atoms with van der Waals surface area (Å²) in [5.74, 6) is 6.38. The van der Waals surface area contributed by atoms with Gasteiger partial charge in [-0.05, 0) is 5.56 Å². The van der Waals surface area contributed by atoms with Gasteiger partial charge in [-0.2, -0.15) is 4.99 Å². The van der Waals surface area contributed by atoms with Gasteiger partial charge in [0, 0.05) is 0 Å². The lowest BCUT2D eigenvalue weighted by atomic mass is 9.88. The standard InChI is InChI=1S/C12H15N7/c13-10-8-9(7-4-2-1-3-5-7)17-12(14)18-11(8)16-6-19(10)15/h1-6,8-10H,13,15H2,(H2,14,17). The molecule has 0 spiro atoms. The molecular weight excluding hydrogens is 242 g/mol. The van der Waals surface area contributed by atoms with E-state index in [4.69, 9.17) is 17.3 Å². The van der Waals surface area contributed by atoms with E-state index in [1.807, 2.05) is 30.3 Å². The lowest BCUT2D eigenvalue weighted by Gasteiger charge is -2.37. The fourth-order valence-corrected chi connectivity index (χ4v) is 2.36. The van der Waals surface area contributed by atoms with Crippen molar-refractivity contribution < 1.29 is 0 Å². The highest BCUT2D eigenvalue weighted by molar-refractivity contribution is 6.03. The summed E-state index contributed by atoms with van der Waals surface area (Å²) in [5, 5.41) is 1.37. The summed E-state index contributed by atoms with van der Waals surface area (Å²) in [6.45, 7) is 0. The van der Waals surface area contributed by atoms with Gasteiger partial charge in [0.05, 0.1) is 12.0 Å². The van der Waals surface area contributed by atoms with Crippen molar-refractivity contribution in [1.29, 1.82) is 0 Å². The zero-order valence-electron chi connectivity index (χ0n) is 10.2. The van der Waals surface area contributed by atoms with Gasteiger partial charge in [-0.25, -0.2) is 15.8 Å². The third kappa shape index (κ3) is 1.98. The first kappa shape index (κ1) is 11.8. The fraction of sp³-hybridized carbons (Fsp3) is 0.250. The van der Waals surface area contributed by atoms with Gasteiger partial charge in [0.1, 0.15) is 18.3 Å². The van der Waals surface area contributed by atoms with Crippen LogP contribution in [0.5, 0.6) is 0 Å². The van der Waals surface area contributed by atoms with E-state index in [9.17, 15) is 0 Å². The molecule has 2 heterocycles. The number of guanidine groups is 1. The van der Waals surface area contributed by atoms with Gasteiger partial charge in [0.15, 0.2) is 0 Å². The molecule has 1 aromatic rings. The Morgan fingerprint density at radius 3 is 2.63 bits per heavy atom. The van der Waals surface area contributed by atoms with Gasteiger partial charge >= 0.3 is 0 Å². The maximum Gasteiger partial charge on any atom is 0.217 e. The topological polar surface area (TPSA) is 118 Å². The molecule has 6 N–H and O–H groups in total. The minimum atomic E-state index is -0.432. The molecule has 3 atom stereocenters. The number of amidine groups is 1. The molecule has 0 bridgehead atoms. The highest BCUT2D eigenvalue weighted by atomic mass is 15.5. The van der Waals surface area contributed by atoms with Crippen molar-refractivity contribution in [1.82, 2.24) is 5.01 Å². The third-order valence-electron chi connectivity index (χ3n) is 3.32. The van der Waals surface area contributed by atoms with Crippen LogP contribution in [-0.4, -0.2) is 29.3 Å². The Hall–Kier alpha value is -2.25. The van der Waals surface area contributed by atoms with Crippen molar-refractivity contribution in [3.8, 4) is 0 Å². The van der Waals surface area contributed by atoms with Gasteiger partial charge in [-0.15, -0.1) is 0 Å². The smallest absolute Gasteiger partial charge is 0.217 e. The Balaban J connectivity index is 2.06. The van der Waals surface area contributed by atoms with Crippen LogP contribution in [0.1, 0.15) is 11.6 Å². The van der Waals surface area contributed by atoms with Crippen LogP contribution in [0.3, 0.4) is 0 Å². The van der Waals surface area contributed by atoms with Crippen LogP contribution in [0.4, 0.5) is 0 Å². The average Bonchev–Trinajstić information content (AvgIpc) is 2.43. The SMILES string of the molecule is NC1=NC(c2ccccc2)C2C(=N1)N=CN(N)C2N. The van der Waals surface area contributed by atoms with Gasteiger partial charge in [-0.1, -0.05) is 30.3 Å². The minimum absolute atomic E-state index is 0.204. The highest BCUT2D eigenvalue weighted by Gasteiger charge is 2.39. The monoisotopic (exact) mass is 257 g/mol. The fourth-order valence-electron chi connectivity index (χ4n) is 2.36. The molecule has 0 radical (unpaired) electrons. The first-order chi connectivity index (χ1) is 9.16. The first-order valence-electron chi connectivity index (χ1n) is 5.96. The van der Waals surface area contributed by atoms with E-state index >= 15 is 0 Å². The number of benzene rings is 1. The summed E-state index contributed by atoms with van der Waals surface area (Å²) < 4.78 is 0. The van der Waals surface area contributed by atoms with Crippen molar-refractivity contribution in [2.45, 2.75) is 12.2 Å². The normalized spacial score (nSPS) is 29.6. The van der Waals surface area contributed by atoms with Gasteiger partial charge in [0.2, 0.25) is 5.96 Å². The first-order valence-corrected chi connectivity index (χ1v) is 5.96. The molecule has 3 rings (SSSR count). The molecule has 7 nitrogen and oxygen atoms in total. The lowest BCUT2D eigenvalue weighted by molar-refractivity contribution is 0.251. The summed E-state index contributed by atoms with van der Waals surface area (Å²) in [6, 6.07) is 9.59. The van der Waals surface area contributed by atoms with E-state index in [0.717, 1.165) is 5.56 Å². The molecule has 19 heavy (non-hydrogen) atoms. The summed E-state index contributed by atoms with van der Waals surface area (Å²) in [7, 11) is 0. The van der Waals surface area contributed by atoms with Crippen LogP contribution < -0.4 is 17.3 Å². The summed E-state index contributed by atoms with van der Waals surface area (Å²) >= 11 is 0. The Kier molecular flexibility index (Phi) is 2.77. The maximum absolute atomic E-state index is 6.12. The number of aliphatic imine (C=N–C) groups is 3. The second-order valence-corrected chi connectivity index (χ2v) is 4.52. The molecule has 0 saturated heterocycles. The zero-order valence-corrected chi connectivity index (χ0v) is 10.2. The molecule has 3 unspecified atom stereocenters. The number of fused-ring (bicyclic) bond motifs is 1. The lowest BCUT2D eigenvalue weighted by Crippen LogP contribution is -2.57. The van der Waals surface area contributed by atoms with Crippen LogP contribution in [-0.2, 0) is 0 Å². The molecular formula is C12H15N7. The number of hydrazine groups is 1. The van der Waals surface area contributed by atoms with Crippen LogP contribution in [0.25, 0.3) is 0 Å². The Morgan fingerprint density at radius 1 is 1.16 bits per heavy atom. The largest absolute Gasteiger partial charge is 0.368 e. The molecule has 7 heteroatoms. The zero-order chi connectivity index (χ0) is 13.4. The van der Waals surface area contributed by atoms with Crippen LogP contribution in [0.15, 0.2) is 45.3 Å². The van der Waals surface area contributed by atoms with Gasteiger partial charge in [0.25, 0.3) is 0 Å². The molecule has 0 aliphatic carbocycles. The van der Waals surface area contributed by atoms with Crippen molar-refractivity contribution in [3.63, 3.8) is 0 Å². The third-order valence-corrected chi connectivity index (χ3v) is 3.32. The van der Waals surface area contributed by atoms with E-state index in [1.54, 1.807) is 0 Å². The maximum atomic E-state index is 6.12. The number of hydrogen-bond acceptors (Lipinski definition) is 7. The molecule has 1 aromatic carbocycles. The second kappa shape index (κ2) is 4.45. The van der Waals surface area contributed by atoms with Crippen molar-refractivity contribution in [3.05, 3.63) is 35.9 Å². The van der Waals surface area contributed by atoms with E-state index in [-0.39, 0.29) is 17.9 Å². The van der Waals surface area contributed by atoms with Crippen LogP contribution >= 0.6 is 0 Å². The number of hydrogen-bond donors (Lipinski definition) is 3. The van der Waals surface area contributed by atoms with Crippen molar-refractivity contribution in [2.75, 3.05) is 0 Å². The molecule has 0 saturated carbocycles. The Labute approximate surface area is 110 Å². The number of nitrogens with zero attached hydrogens (tertiary/aromatic N) is 4. The Bertz CT molecular complexity index is 563. The molecule has 0 fully saturated rings. The molecule has 98 valence electrons. The predicted molar refractivity (Wildman–Crippen MR) is 74.2 cm³/mol. The van der Waals surface area contributed by atoms with Crippen LogP contribution in [0.2, 0.25) is 0 Å². The molecule has 0 amide bonds. The quantitative estimate of drug-likeness (QED) is 0.591. The Morgan fingerprint density at radius 2 is 1.89 bits per heavy atom. The van der Waals surface area contributed by atoms with E-state index < -0.39 is 6.17 Å². The van der Waals surface area contributed by atoms with Gasteiger partial charge in [-0.3, -0.25) is 5.01 Å². The molecule has 0 aromatic heterocycles. The number of rotatable bonds is 1. The van der Waals surface area contributed by atoms with Crippen molar-refractivity contribution >= 4 is 18.1 Å². The summed E-state index contributed by atoms with van der Waals surface area (Å²) in [5.41, 5.74) is 12.9.